The van der Waals surface area contributed by atoms with Crippen molar-refractivity contribution in [3.8, 4) is 11.5 Å². The molecule has 0 saturated heterocycles. The second kappa shape index (κ2) is 21.8. The molecule has 0 atom stereocenters. The second-order valence-corrected chi connectivity index (χ2v) is 17.7. The van der Waals surface area contributed by atoms with Crippen LogP contribution in [-0.2, 0) is 37.6 Å². The first-order valence-corrected chi connectivity index (χ1v) is 23.1. The molecule has 5 N–H and O–H groups in total. The summed E-state index contributed by atoms with van der Waals surface area (Å²) < 4.78 is 69.6. The second-order valence-electron chi connectivity index (χ2n) is 13.6. The van der Waals surface area contributed by atoms with Gasteiger partial charge in [-0.2, -0.15) is 38.3 Å². The van der Waals surface area contributed by atoms with Crippen LogP contribution in [0.25, 0.3) is 21.5 Å². The SMILES string of the molecule is O=C(O)c1ccccc1N=Nc1c(S(=O)(=O)O)cc2cc(Nc3nc(Cl)nc(Cl)n3)ccc2c1O.O=C([O-])c1ccccc1N=Nc1c(S(=O)(=O)[O-])cc2cc(Nc3nc(Cl)nc(Cl)n3)ccc2c1[O-].[Cr+3]. The molecular weight excluding hydrogens is 1100 g/mol. The number of aromatic hydroxyl groups is 1. The van der Waals surface area contributed by atoms with Crippen LogP contribution in [0.15, 0.2) is 127 Å². The van der Waals surface area contributed by atoms with Crippen molar-refractivity contribution in [1.29, 1.82) is 0 Å². The number of aromatic nitrogens is 6. The largest absolute Gasteiger partial charge is 3.00 e. The van der Waals surface area contributed by atoms with E-state index in [1.807, 2.05) is 0 Å². The number of benzene rings is 6. The van der Waals surface area contributed by atoms with Crippen molar-refractivity contribution in [3.05, 3.63) is 129 Å². The summed E-state index contributed by atoms with van der Waals surface area (Å²) in [6, 6.07) is 21.5. The number of azo groups is 2. The fraction of sp³-hybridized carbons (Fsp3) is 0. The number of hydrogen-bond donors (Lipinski definition) is 5. The van der Waals surface area contributed by atoms with E-state index in [0.717, 1.165) is 12.1 Å². The van der Waals surface area contributed by atoms with E-state index < -0.39 is 64.8 Å². The van der Waals surface area contributed by atoms with E-state index in [4.69, 9.17) is 46.4 Å². The Balaban J connectivity index is 0.000000229. The quantitative estimate of drug-likeness (QED) is 0.0571. The average Bonchev–Trinajstić information content (AvgIpc) is 3.27. The third kappa shape index (κ3) is 12.7. The number of hydrogen-bond acceptors (Lipinski definition) is 22. The van der Waals surface area contributed by atoms with Gasteiger partial charge in [-0.1, -0.05) is 42.1 Å². The molecule has 0 aliphatic carbocycles. The van der Waals surface area contributed by atoms with Crippen molar-refractivity contribution < 1.29 is 73.3 Å². The van der Waals surface area contributed by atoms with Crippen molar-refractivity contribution in [2.45, 2.75) is 9.79 Å². The van der Waals surface area contributed by atoms with Crippen LogP contribution in [0.5, 0.6) is 11.5 Å². The number of phenolic OH excluding ortho intramolecular Hbond substituents is 1. The maximum absolute atomic E-state index is 13.0. The first-order chi connectivity index (χ1) is 33.0. The van der Waals surface area contributed by atoms with Crippen molar-refractivity contribution >= 4 is 146 Å². The summed E-state index contributed by atoms with van der Waals surface area (Å²) in [7, 11) is -10.1. The summed E-state index contributed by atoms with van der Waals surface area (Å²) in [4.78, 5) is 43.6. The number of nitrogens with zero attached hydrogens (tertiary/aromatic N) is 10. The molecule has 31 heteroatoms. The Morgan fingerprint density at radius 1 is 0.592 bits per heavy atom. The van der Waals surface area contributed by atoms with Crippen LogP contribution in [0.2, 0.25) is 21.1 Å². The minimum Gasteiger partial charge on any atom is -0.871 e. The first kappa shape index (κ1) is 53.1. The van der Waals surface area contributed by atoms with Crippen LogP contribution in [0.1, 0.15) is 20.7 Å². The molecule has 1 radical (unpaired) electrons. The number of carbonyl (C=O) groups excluding carboxylic acids is 1. The first-order valence-electron chi connectivity index (χ1n) is 18.7. The minimum absolute atomic E-state index is 0. The van der Waals surface area contributed by atoms with Gasteiger partial charge in [-0.3, -0.25) is 4.55 Å². The van der Waals surface area contributed by atoms with Gasteiger partial charge in [-0.15, -0.1) is 20.5 Å². The molecule has 0 saturated carbocycles. The van der Waals surface area contributed by atoms with E-state index in [1.165, 1.54) is 84.9 Å². The Morgan fingerprint density at radius 2 is 1.03 bits per heavy atom. The van der Waals surface area contributed by atoms with Gasteiger partial charge in [0.15, 0.2) is 5.75 Å². The Hall–Kier alpha value is -7.29. The zero-order valence-corrected chi connectivity index (χ0v) is 40.4. The predicted molar refractivity (Wildman–Crippen MR) is 246 cm³/mol. The standard InChI is InChI=1S/2C20H12Cl2N6O6S.Cr/c2*21-18-24-19(22)26-20(25-18)23-10-5-6-11-9(7-10)8-14(35(32,33)34)15(16(11)29)28-27-13-4-2-1-3-12(13)17(30)31;/h2*1-8,29H,(H,30,31)(H,32,33,34)(H,23,24,25,26);/q;;+3/p-3. The van der Waals surface area contributed by atoms with E-state index >= 15 is 0 Å². The fourth-order valence-corrected chi connectivity index (χ4v) is 8.15. The van der Waals surface area contributed by atoms with E-state index in [9.17, 15) is 56.0 Å². The monoisotopic (exact) mass is 1120 g/mol. The van der Waals surface area contributed by atoms with Gasteiger partial charge in [-0.05, 0) is 123 Å². The van der Waals surface area contributed by atoms with Gasteiger partial charge in [0.1, 0.15) is 26.4 Å². The van der Waals surface area contributed by atoms with Crippen LogP contribution in [0.4, 0.5) is 46.0 Å². The normalized spacial score (nSPS) is 11.6. The maximum Gasteiger partial charge on any atom is 3.00 e. The topological polar surface area (TPSA) is 383 Å². The summed E-state index contributed by atoms with van der Waals surface area (Å²) in [6.07, 6.45) is 0. The number of anilines is 4. The summed E-state index contributed by atoms with van der Waals surface area (Å²) in [5.41, 5.74) is -1.49. The van der Waals surface area contributed by atoms with Gasteiger partial charge >= 0.3 is 23.3 Å². The van der Waals surface area contributed by atoms with Crippen LogP contribution >= 0.6 is 46.4 Å². The zero-order valence-electron chi connectivity index (χ0n) is 34.5. The number of carboxylic acids is 2. The Kier molecular flexibility index (Phi) is 16.3. The molecule has 6 aromatic carbocycles. The number of nitrogens with one attached hydrogen (secondary N) is 2. The molecule has 8 aromatic rings. The van der Waals surface area contributed by atoms with Gasteiger partial charge < -0.3 is 40.4 Å². The third-order valence-corrected chi connectivity index (χ3v) is 11.5. The number of carbonyl (C=O) groups is 2. The number of halogens is 4. The van der Waals surface area contributed by atoms with E-state index in [2.05, 4.69) is 61.0 Å². The molecule has 2 heterocycles. The Morgan fingerprint density at radius 3 is 1.51 bits per heavy atom. The van der Waals surface area contributed by atoms with Crippen LogP contribution in [0, 0.1) is 0 Å². The zero-order chi connectivity index (χ0) is 50.7. The Labute approximate surface area is 428 Å². The van der Waals surface area contributed by atoms with Gasteiger partial charge in [0.2, 0.25) is 33.0 Å². The molecule has 71 heavy (non-hydrogen) atoms. The molecule has 0 aliphatic heterocycles. The number of fused-ring (bicyclic) bond motifs is 2. The maximum atomic E-state index is 13.0. The van der Waals surface area contributed by atoms with E-state index in [0.29, 0.717) is 11.4 Å². The average molecular weight is 1120 g/mol. The minimum atomic E-state index is -5.18. The van der Waals surface area contributed by atoms with Crippen LogP contribution in [0.3, 0.4) is 0 Å². The predicted octanol–water partition coefficient (Wildman–Crippen LogP) is 7.97. The summed E-state index contributed by atoms with van der Waals surface area (Å²) >= 11 is 23.0. The van der Waals surface area contributed by atoms with Gasteiger partial charge in [-0.25, -0.2) is 13.2 Å². The molecule has 24 nitrogen and oxygen atoms in total. The van der Waals surface area contributed by atoms with Gasteiger partial charge in [0, 0.05) is 22.3 Å². The number of carboxylic acid groups (broad SMARTS) is 2. The third-order valence-electron chi connectivity index (χ3n) is 9.08. The van der Waals surface area contributed by atoms with Crippen molar-refractivity contribution in [2.24, 2.45) is 20.5 Å². The molecule has 0 bridgehead atoms. The molecule has 359 valence electrons. The number of phenols is 1. The van der Waals surface area contributed by atoms with Gasteiger partial charge in [0.05, 0.1) is 27.8 Å². The molecule has 0 amide bonds. The van der Waals surface area contributed by atoms with Crippen molar-refractivity contribution in [3.63, 3.8) is 0 Å². The molecule has 2 aromatic heterocycles. The smallest absolute Gasteiger partial charge is 0.871 e. The number of rotatable bonds is 12. The van der Waals surface area contributed by atoms with Crippen LogP contribution in [-0.4, -0.2) is 78.0 Å². The molecule has 0 unspecified atom stereocenters. The fourth-order valence-electron chi connectivity index (χ4n) is 6.13. The Bertz CT molecular complexity index is 3470. The van der Waals surface area contributed by atoms with Crippen LogP contribution < -0.4 is 20.8 Å². The summed E-state index contributed by atoms with van der Waals surface area (Å²) in [5, 5.41) is 64.5. The summed E-state index contributed by atoms with van der Waals surface area (Å²) in [6.45, 7) is 0. The van der Waals surface area contributed by atoms with Crippen molar-refractivity contribution in [2.75, 3.05) is 10.6 Å². The molecule has 8 rings (SSSR count). The van der Waals surface area contributed by atoms with E-state index in [1.54, 1.807) is 0 Å². The summed E-state index contributed by atoms with van der Waals surface area (Å²) in [5.74, 6) is -4.37. The molecule has 0 spiro atoms. The number of aromatic carboxylic acids is 2. The molecule has 0 aliphatic rings. The van der Waals surface area contributed by atoms with Gasteiger partial charge in [0.25, 0.3) is 10.1 Å². The molecule has 0 fully saturated rings. The van der Waals surface area contributed by atoms with E-state index in [-0.39, 0.29) is 94.4 Å². The molecular formula is C40H21Cl4CrN12O12S2. The van der Waals surface area contributed by atoms with Crippen molar-refractivity contribution in [1.82, 2.24) is 29.9 Å².